The third-order valence-electron chi connectivity index (χ3n) is 5.54. The van der Waals surface area contributed by atoms with Gasteiger partial charge in [-0.2, -0.15) is 0 Å². The number of methoxy groups -OCH3 is 1. The molecule has 0 bridgehead atoms. The summed E-state index contributed by atoms with van der Waals surface area (Å²) in [7, 11) is 1.36. The summed E-state index contributed by atoms with van der Waals surface area (Å²) in [5.41, 5.74) is 1.39. The van der Waals surface area contributed by atoms with Crippen LogP contribution in [0.25, 0.3) is 0 Å². The quantitative estimate of drug-likeness (QED) is 0.833. The van der Waals surface area contributed by atoms with Crippen LogP contribution in [0.5, 0.6) is 0 Å². The minimum Gasteiger partial charge on any atom is -0.465 e. The fraction of sp³-hybridized carbons (Fsp3) is 0.579. The Labute approximate surface area is 143 Å². The van der Waals surface area contributed by atoms with E-state index in [0.29, 0.717) is 11.0 Å². The summed E-state index contributed by atoms with van der Waals surface area (Å²) in [6, 6.07) is 7.06. The molecular formula is C19H26N2O3. The summed E-state index contributed by atoms with van der Waals surface area (Å²) < 4.78 is 4.70. The SMILES string of the molecule is COC(=O)c1ccc([C@H](C)NC(=O)C2(C)CC3(CCN2)CC3)cc1. The molecule has 1 aliphatic carbocycles. The number of nitrogens with one attached hydrogen (secondary N) is 2. The van der Waals surface area contributed by atoms with Gasteiger partial charge in [-0.25, -0.2) is 4.79 Å². The zero-order chi connectivity index (χ0) is 17.4. The molecule has 24 heavy (non-hydrogen) atoms. The Morgan fingerprint density at radius 2 is 1.88 bits per heavy atom. The second kappa shape index (κ2) is 6.20. The van der Waals surface area contributed by atoms with Crippen LogP contribution in [-0.2, 0) is 9.53 Å². The van der Waals surface area contributed by atoms with Crippen LogP contribution in [0.15, 0.2) is 24.3 Å². The van der Waals surface area contributed by atoms with E-state index in [9.17, 15) is 9.59 Å². The molecule has 1 amide bonds. The van der Waals surface area contributed by atoms with Crippen LogP contribution in [0.1, 0.15) is 61.5 Å². The number of hydrogen-bond acceptors (Lipinski definition) is 4. The van der Waals surface area contributed by atoms with Gasteiger partial charge in [0.1, 0.15) is 0 Å². The minimum atomic E-state index is -0.491. The maximum absolute atomic E-state index is 12.8. The molecule has 2 fully saturated rings. The van der Waals surface area contributed by atoms with Crippen LogP contribution >= 0.6 is 0 Å². The molecule has 0 aromatic heterocycles. The molecule has 2 aliphatic rings. The Bertz CT molecular complexity index is 637. The number of piperidine rings is 1. The monoisotopic (exact) mass is 330 g/mol. The van der Waals surface area contributed by atoms with E-state index in [1.165, 1.54) is 26.4 Å². The molecule has 1 aromatic carbocycles. The van der Waals surface area contributed by atoms with Crippen molar-refractivity contribution in [3.05, 3.63) is 35.4 Å². The Hall–Kier alpha value is -1.88. The van der Waals surface area contributed by atoms with E-state index in [2.05, 4.69) is 10.6 Å². The first-order valence-corrected chi connectivity index (χ1v) is 8.62. The summed E-state index contributed by atoms with van der Waals surface area (Å²) in [6.07, 6.45) is 4.60. The topological polar surface area (TPSA) is 67.4 Å². The largest absolute Gasteiger partial charge is 0.465 e. The standard InChI is InChI=1S/C19H26N2O3/c1-13(14-4-6-15(7-5-14)16(22)24-3)21-17(23)18(2)12-19(8-9-19)10-11-20-18/h4-7,13,20H,8-12H2,1-3H3,(H,21,23)/t13-,18?/m0/s1. The van der Waals surface area contributed by atoms with Gasteiger partial charge in [-0.05, 0) is 69.2 Å². The van der Waals surface area contributed by atoms with Gasteiger partial charge in [0.05, 0.1) is 24.3 Å². The maximum Gasteiger partial charge on any atom is 0.337 e. The fourth-order valence-corrected chi connectivity index (χ4v) is 3.73. The molecule has 1 heterocycles. The zero-order valence-electron chi connectivity index (χ0n) is 14.6. The molecule has 1 unspecified atom stereocenters. The van der Waals surface area contributed by atoms with E-state index in [-0.39, 0.29) is 17.9 Å². The van der Waals surface area contributed by atoms with Crippen LogP contribution in [0.2, 0.25) is 0 Å². The average Bonchev–Trinajstić information content (AvgIpc) is 3.32. The van der Waals surface area contributed by atoms with E-state index in [1.807, 2.05) is 26.0 Å². The first kappa shape index (κ1) is 17.0. The van der Waals surface area contributed by atoms with Crippen LogP contribution in [0.4, 0.5) is 0 Å². The number of rotatable bonds is 4. The van der Waals surface area contributed by atoms with Crippen molar-refractivity contribution in [2.45, 2.75) is 51.1 Å². The predicted octanol–water partition coefficient (Wildman–Crippen LogP) is 2.57. The molecule has 5 nitrogen and oxygen atoms in total. The van der Waals surface area contributed by atoms with Crippen molar-refractivity contribution in [2.75, 3.05) is 13.7 Å². The summed E-state index contributed by atoms with van der Waals surface area (Å²) in [5.74, 6) is -0.301. The molecule has 1 saturated carbocycles. The van der Waals surface area contributed by atoms with Gasteiger partial charge in [0, 0.05) is 0 Å². The van der Waals surface area contributed by atoms with Crippen LogP contribution < -0.4 is 10.6 Å². The Balaban J connectivity index is 1.64. The van der Waals surface area contributed by atoms with Gasteiger partial charge in [-0.1, -0.05) is 12.1 Å². The van der Waals surface area contributed by atoms with Crippen molar-refractivity contribution in [1.29, 1.82) is 0 Å². The van der Waals surface area contributed by atoms with E-state index < -0.39 is 5.54 Å². The number of hydrogen-bond donors (Lipinski definition) is 2. The first-order chi connectivity index (χ1) is 11.4. The van der Waals surface area contributed by atoms with Crippen LogP contribution in [0.3, 0.4) is 0 Å². The molecule has 5 heteroatoms. The second-order valence-electron chi connectivity index (χ2n) is 7.49. The van der Waals surface area contributed by atoms with Crippen LogP contribution in [-0.4, -0.2) is 31.1 Å². The molecular weight excluding hydrogens is 304 g/mol. The fourth-order valence-electron chi connectivity index (χ4n) is 3.73. The number of benzene rings is 1. The van der Waals surface area contributed by atoms with Crippen molar-refractivity contribution in [3.8, 4) is 0 Å². The molecule has 0 radical (unpaired) electrons. The minimum absolute atomic E-state index is 0.0537. The summed E-state index contributed by atoms with van der Waals surface area (Å²) >= 11 is 0. The normalized spacial score (nSPS) is 25.8. The van der Waals surface area contributed by atoms with Gasteiger partial charge in [0.2, 0.25) is 5.91 Å². The van der Waals surface area contributed by atoms with E-state index in [0.717, 1.165) is 18.5 Å². The highest BCUT2D eigenvalue weighted by atomic mass is 16.5. The Morgan fingerprint density at radius 1 is 1.21 bits per heavy atom. The molecule has 3 rings (SSSR count). The molecule has 1 saturated heterocycles. The summed E-state index contributed by atoms with van der Waals surface area (Å²) in [5, 5.41) is 6.52. The smallest absolute Gasteiger partial charge is 0.337 e. The molecule has 130 valence electrons. The van der Waals surface area contributed by atoms with E-state index in [4.69, 9.17) is 4.74 Å². The molecule has 2 atom stereocenters. The van der Waals surface area contributed by atoms with Crippen LogP contribution in [0, 0.1) is 5.41 Å². The Kier molecular flexibility index (Phi) is 4.38. The van der Waals surface area contributed by atoms with Gasteiger partial charge < -0.3 is 15.4 Å². The third kappa shape index (κ3) is 3.31. The molecule has 1 spiro atoms. The molecule has 1 aromatic rings. The number of esters is 1. The number of carbonyl (C=O) groups is 2. The first-order valence-electron chi connectivity index (χ1n) is 8.62. The molecule has 1 aliphatic heterocycles. The van der Waals surface area contributed by atoms with Crippen molar-refractivity contribution >= 4 is 11.9 Å². The van der Waals surface area contributed by atoms with Gasteiger partial charge in [0.25, 0.3) is 0 Å². The summed E-state index contributed by atoms with van der Waals surface area (Å²) in [4.78, 5) is 24.3. The lowest BCUT2D eigenvalue weighted by molar-refractivity contribution is -0.129. The highest BCUT2D eigenvalue weighted by molar-refractivity contribution is 5.89. The number of amides is 1. The average molecular weight is 330 g/mol. The van der Waals surface area contributed by atoms with Gasteiger partial charge in [0.15, 0.2) is 0 Å². The summed E-state index contributed by atoms with van der Waals surface area (Å²) in [6.45, 7) is 4.88. The van der Waals surface area contributed by atoms with Crippen molar-refractivity contribution in [1.82, 2.24) is 10.6 Å². The van der Waals surface area contributed by atoms with Gasteiger partial charge >= 0.3 is 5.97 Å². The zero-order valence-corrected chi connectivity index (χ0v) is 14.6. The van der Waals surface area contributed by atoms with E-state index >= 15 is 0 Å². The van der Waals surface area contributed by atoms with E-state index in [1.54, 1.807) is 12.1 Å². The van der Waals surface area contributed by atoms with Crippen molar-refractivity contribution in [3.63, 3.8) is 0 Å². The highest BCUT2D eigenvalue weighted by Crippen LogP contribution is 2.55. The van der Waals surface area contributed by atoms with Crippen molar-refractivity contribution < 1.29 is 14.3 Å². The van der Waals surface area contributed by atoms with Crippen molar-refractivity contribution in [2.24, 2.45) is 5.41 Å². The number of carbonyl (C=O) groups excluding carboxylic acids is 2. The van der Waals surface area contributed by atoms with Gasteiger partial charge in [-0.3, -0.25) is 4.79 Å². The highest BCUT2D eigenvalue weighted by Gasteiger charge is 2.52. The second-order valence-corrected chi connectivity index (χ2v) is 7.49. The predicted molar refractivity (Wildman–Crippen MR) is 91.6 cm³/mol. The third-order valence-corrected chi connectivity index (χ3v) is 5.54. The lowest BCUT2D eigenvalue weighted by atomic mass is 9.80. The number of ether oxygens (including phenoxy) is 1. The lowest BCUT2D eigenvalue weighted by Crippen LogP contribution is -2.59. The maximum atomic E-state index is 12.8. The molecule has 2 N–H and O–H groups in total. The Morgan fingerprint density at radius 3 is 2.46 bits per heavy atom. The lowest BCUT2D eigenvalue weighted by Gasteiger charge is -2.39. The van der Waals surface area contributed by atoms with Gasteiger partial charge in [-0.15, -0.1) is 0 Å².